The van der Waals surface area contributed by atoms with Crippen molar-refractivity contribution in [1.29, 1.82) is 0 Å². The van der Waals surface area contributed by atoms with E-state index < -0.39 is 30.2 Å². The first-order chi connectivity index (χ1) is 17.8. The number of esters is 1. The van der Waals surface area contributed by atoms with Gasteiger partial charge in [-0.3, -0.25) is 5.32 Å². The molecule has 1 aliphatic rings. The van der Waals surface area contributed by atoms with Crippen molar-refractivity contribution in [3.05, 3.63) is 39.9 Å². The van der Waals surface area contributed by atoms with E-state index in [4.69, 9.17) is 21.1 Å². The number of aliphatic hydroxyl groups excluding tert-OH is 1. The van der Waals surface area contributed by atoms with Crippen molar-refractivity contribution in [2.75, 3.05) is 38.6 Å². The number of aromatic nitrogens is 1. The van der Waals surface area contributed by atoms with E-state index in [1.807, 2.05) is 0 Å². The molecule has 2 aromatic rings. The summed E-state index contributed by atoms with van der Waals surface area (Å²) in [5.41, 5.74) is -0.556. The molecule has 37 heavy (non-hydrogen) atoms. The quantitative estimate of drug-likeness (QED) is 0.257. The Morgan fingerprint density at radius 3 is 2.59 bits per heavy atom. The average molecular weight is 561 g/mol. The number of ether oxygens (including phenoxy) is 2. The topological polar surface area (TPSA) is 113 Å². The molecular formula is C24H31ClF2N4O5S. The second kappa shape index (κ2) is 14.4. The monoisotopic (exact) mass is 560 g/mol. The highest BCUT2D eigenvalue weighted by Crippen LogP contribution is 2.32. The number of carbonyl (C=O) groups excluding carboxylic acids is 2. The van der Waals surface area contributed by atoms with E-state index in [9.17, 15) is 23.5 Å². The number of unbranched alkanes of at least 4 members (excludes halogenated alkanes) is 1. The van der Waals surface area contributed by atoms with E-state index >= 15 is 0 Å². The zero-order chi connectivity index (χ0) is 26.8. The number of benzene rings is 1. The van der Waals surface area contributed by atoms with E-state index in [-0.39, 0.29) is 33.1 Å². The van der Waals surface area contributed by atoms with Crippen molar-refractivity contribution in [2.24, 2.45) is 0 Å². The fraction of sp³-hybridized carbons (Fsp3) is 0.542. The van der Waals surface area contributed by atoms with Crippen LogP contribution in [0.4, 0.5) is 18.6 Å². The molecule has 13 heteroatoms. The Morgan fingerprint density at radius 2 is 1.92 bits per heavy atom. The van der Waals surface area contributed by atoms with Gasteiger partial charge in [0.15, 0.2) is 5.56 Å². The molecule has 0 radical (unpaired) electrons. The van der Waals surface area contributed by atoms with Crippen molar-refractivity contribution in [3.63, 3.8) is 0 Å². The van der Waals surface area contributed by atoms with Crippen LogP contribution in [0.1, 0.15) is 54.4 Å². The van der Waals surface area contributed by atoms with Crippen LogP contribution in [0, 0.1) is 11.6 Å². The molecule has 0 spiro atoms. The number of piperidine rings is 1. The molecule has 1 unspecified atom stereocenters. The largest absolute Gasteiger partial charge is 0.471 e. The number of likely N-dealkylation sites (tertiary alicyclic amines) is 1. The molecule has 1 saturated heterocycles. The number of methoxy groups -OCH3 is 1. The van der Waals surface area contributed by atoms with Crippen LogP contribution in [0.5, 0.6) is 5.88 Å². The Bertz CT molecular complexity index is 1040. The Labute approximate surface area is 223 Å². The van der Waals surface area contributed by atoms with Crippen LogP contribution >= 0.6 is 23.1 Å². The van der Waals surface area contributed by atoms with Gasteiger partial charge in [-0.05, 0) is 68.9 Å². The van der Waals surface area contributed by atoms with Gasteiger partial charge >= 0.3 is 12.0 Å². The van der Waals surface area contributed by atoms with Gasteiger partial charge in [-0.15, -0.1) is 0 Å². The Morgan fingerprint density at radius 1 is 1.22 bits per heavy atom. The number of amides is 2. The van der Waals surface area contributed by atoms with Gasteiger partial charge in [-0.1, -0.05) is 18.0 Å². The minimum absolute atomic E-state index is 0.0633. The Balaban J connectivity index is 1.47. The Hall–Kier alpha value is -2.54. The molecule has 1 aromatic carbocycles. The highest BCUT2D eigenvalue weighted by Gasteiger charge is 2.25. The zero-order valence-corrected chi connectivity index (χ0v) is 22.1. The van der Waals surface area contributed by atoms with Gasteiger partial charge < -0.3 is 24.8 Å². The lowest BCUT2D eigenvalue weighted by Crippen LogP contribution is -2.36. The minimum atomic E-state index is -0.906. The van der Waals surface area contributed by atoms with Crippen LogP contribution in [0.3, 0.4) is 0 Å². The molecule has 0 saturated carbocycles. The summed E-state index contributed by atoms with van der Waals surface area (Å²) < 4.78 is 42.2. The summed E-state index contributed by atoms with van der Waals surface area (Å²) in [6, 6.07) is 1.32. The Kier molecular flexibility index (Phi) is 11.3. The predicted octanol–water partition coefficient (Wildman–Crippen LogP) is 4.58. The number of hydrogen-bond acceptors (Lipinski definition) is 8. The number of carbonyl (C=O) groups is 2. The maximum atomic E-state index is 14.0. The number of aliphatic hydroxyl groups is 1. The molecule has 3 rings (SSSR count). The van der Waals surface area contributed by atoms with Crippen LogP contribution in [0.15, 0.2) is 12.1 Å². The third kappa shape index (κ3) is 8.77. The maximum absolute atomic E-state index is 14.0. The van der Waals surface area contributed by atoms with Gasteiger partial charge in [0.2, 0.25) is 5.88 Å². The standard InChI is InChI=1S/C24H31ClF2N4O5S/c1-35-23(33)20-21(36-14-17-18(26)11-15(25)12-19(17)27)30-37-22(20)29-24(34)28-8-4-3-7-16(32)13-31-9-5-2-6-10-31/h11-12,16,32H,2-10,13-14H2,1H3,(H2,28,29,34). The first kappa shape index (κ1) is 29.0. The van der Waals surface area contributed by atoms with E-state index in [1.165, 1.54) is 19.3 Å². The lowest BCUT2D eigenvalue weighted by molar-refractivity contribution is 0.0596. The highest BCUT2D eigenvalue weighted by molar-refractivity contribution is 7.11. The fourth-order valence-electron chi connectivity index (χ4n) is 3.98. The van der Waals surface area contributed by atoms with Gasteiger partial charge in [-0.25, -0.2) is 18.4 Å². The number of nitrogens with one attached hydrogen (secondary N) is 2. The zero-order valence-electron chi connectivity index (χ0n) is 20.5. The molecule has 0 bridgehead atoms. The SMILES string of the molecule is COC(=O)c1c(OCc2c(F)cc(Cl)cc2F)nsc1NC(=O)NCCCCC(O)CN1CCCCC1. The summed E-state index contributed by atoms with van der Waals surface area (Å²) in [5.74, 6) is -2.88. The van der Waals surface area contributed by atoms with Gasteiger partial charge in [0, 0.05) is 18.1 Å². The molecule has 1 fully saturated rings. The molecule has 2 heterocycles. The van der Waals surface area contributed by atoms with Crippen LogP contribution in [0.2, 0.25) is 5.02 Å². The molecule has 2 amide bonds. The normalized spacial score (nSPS) is 14.7. The second-order valence-corrected chi connectivity index (χ2v) is 9.92. The number of hydrogen-bond donors (Lipinski definition) is 3. The summed E-state index contributed by atoms with van der Waals surface area (Å²) >= 11 is 6.39. The van der Waals surface area contributed by atoms with Gasteiger partial charge in [-0.2, -0.15) is 4.37 Å². The molecule has 1 aliphatic heterocycles. The van der Waals surface area contributed by atoms with Crippen molar-refractivity contribution in [2.45, 2.75) is 51.2 Å². The van der Waals surface area contributed by atoms with Crippen molar-refractivity contribution in [1.82, 2.24) is 14.6 Å². The molecule has 0 aliphatic carbocycles. The van der Waals surface area contributed by atoms with Crippen LogP contribution < -0.4 is 15.4 Å². The third-order valence-electron chi connectivity index (χ3n) is 5.90. The summed E-state index contributed by atoms with van der Waals surface area (Å²) in [5, 5.41) is 15.4. The van der Waals surface area contributed by atoms with Crippen LogP contribution in [0.25, 0.3) is 0 Å². The second-order valence-electron chi connectivity index (χ2n) is 8.71. The molecule has 204 valence electrons. The summed E-state index contributed by atoms with van der Waals surface area (Å²) in [7, 11) is 1.14. The predicted molar refractivity (Wildman–Crippen MR) is 136 cm³/mol. The first-order valence-corrected chi connectivity index (χ1v) is 13.2. The van der Waals surface area contributed by atoms with Crippen LogP contribution in [-0.4, -0.2) is 65.8 Å². The molecule has 1 atom stereocenters. The third-order valence-corrected chi connectivity index (χ3v) is 6.87. The van der Waals surface area contributed by atoms with Crippen molar-refractivity contribution >= 4 is 40.1 Å². The summed E-state index contributed by atoms with van der Waals surface area (Å²) in [4.78, 5) is 26.9. The van der Waals surface area contributed by atoms with Crippen LogP contribution in [-0.2, 0) is 11.3 Å². The van der Waals surface area contributed by atoms with E-state index in [2.05, 4.69) is 19.9 Å². The van der Waals surface area contributed by atoms with Crippen molar-refractivity contribution in [3.8, 4) is 5.88 Å². The average Bonchev–Trinajstić information content (AvgIpc) is 3.25. The van der Waals surface area contributed by atoms with E-state index in [1.54, 1.807) is 0 Å². The lowest BCUT2D eigenvalue weighted by atomic mass is 10.1. The summed E-state index contributed by atoms with van der Waals surface area (Å²) in [6.07, 6.45) is 5.28. The number of urea groups is 1. The molecule has 3 N–H and O–H groups in total. The molecule has 9 nitrogen and oxygen atoms in total. The number of rotatable bonds is 12. The number of β-amino-alcohol motifs (C(OH)–C–C–N with tert-alkyl or cyclic N) is 1. The maximum Gasteiger partial charge on any atom is 0.346 e. The lowest BCUT2D eigenvalue weighted by Gasteiger charge is -2.28. The minimum Gasteiger partial charge on any atom is -0.471 e. The smallest absolute Gasteiger partial charge is 0.346 e. The van der Waals surface area contributed by atoms with E-state index in [0.29, 0.717) is 25.9 Å². The van der Waals surface area contributed by atoms with Crippen molar-refractivity contribution < 1.29 is 33.0 Å². The van der Waals surface area contributed by atoms with E-state index in [0.717, 1.165) is 50.3 Å². The number of halogens is 3. The van der Waals surface area contributed by atoms with Gasteiger partial charge in [0.25, 0.3) is 0 Å². The highest BCUT2D eigenvalue weighted by atomic mass is 35.5. The molecular weight excluding hydrogens is 530 g/mol. The van der Waals surface area contributed by atoms with Gasteiger partial charge in [0.05, 0.1) is 18.8 Å². The number of anilines is 1. The first-order valence-electron chi connectivity index (χ1n) is 12.1. The number of nitrogens with zero attached hydrogens (tertiary/aromatic N) is 2. The fourth-order valence-corrected chi connectivity index (χ4v) is 4.89. The van der Waals surface area contributed by atoms with Gasteiger partial charge in [0.1, 0.15) is 23.2 Å². The molecule has 1 aromatic heterocycles. The summed E-state index contributed by atoms with van der Waals surface area (Å²) in [6.45, 7) is 2.55.